The molecule has 0 heterocycles. The Labute approximate surface area is 144 Å². The largest absolute Gasteiger partial charge is 0.465 e. The molecule has 0 saturated heterocycles. The second-order valence-corrected chi connectivity index (χ2v) is 6.40. The second kappa shape index (κ2) is 9.45. The van der Waals surface area contributed by atoms with Crippen LogP contribution in [0.4, 0.5) is 0 Å². The monoisotopic (exact) mass is 332 g/mol. The van der Waals surface area contributed by atoms with Crippen molar-refractivity contribution in [1.82, 2.24) is 0 Å². The predicted molar refractivity (Wildman–Crippen MR) is 93.2 cm³/mol. The fourth-order valence-electron chi connectivity index (χ4n) is 3.39. The maximum atomic E-state index is 12.5. The summed E-state index contributed by atoms with van der Waals surface area (Å²) in [6, 6.07) is 5.58. The van der Waals surface area contributed by atoms with Crippen LogP contribution < -0.4 is 0 Å². The Balaban J connectivity index is 2.02. The molecular formula is C20H28O4. The summed E-state index contributed by atoms with van der Waals surface area (Å²) in [4.78, 5) is 24.6. The van der Waals surface area contributed by atoms with Crippen molar-refractivity contribution in [2.75, 3.05) is 13.7 Å². The summed E-state index contributed by atoms with van der Waals surface area (Å²) in [5.41, 5.74) is 2.38. The van der Waals surface area contributed by atoms with Gasteiger partial charge in [0.25, 0.3) is 0 Å². The van der Waals surface area contributed by atoms with Crippen LogP contribution >= 0.6 is 0 Å². The van der Waals surface area contributed by atoms with Gasteiger partial charge in [-0.25, -0.2) is 4.79 Å². The Bertz CT molecular complexity index is 565. The van der Waals surface area contributed by atoms with Crippen molar-refractivity contribution in [3.8, 4) is 0 Å². The van der Waals surface area contributed by atoms with Crippen LogP contribution in [-0.2, 0) is 20.7 Å². The Morgan fingerprint density at radius 1 is 1.17 bits per heavy atom. The van der Waals surface area contributed by atoms with E-state index in [0.717, 1.165) is 43.2 Å². The van der Waals surface area contributed by atoms with Gasteiger partial charge in [-0.2, -0.15) is 0 Å². The number of carbonyl (C=O) groups is 2. The lowest BCUT2D eigenvalue weighted by atomic mass is 9.80. The van der Waals surface area contributed by atoms with E-state index in [9.17, 15) is 9.59 Å². The predicted octanol–water partition coefficient (Wildman–Crippen LogP) is 4.41. The standard InChI is InChI=1S/C20H28O4/c1-3-4-5-6-7-14-24-20(22)17-13-9-11-15-10-8-12-16(18(15)17)19(21)23-2/h8,10,12,17H,3-7,9,11,13-14H2,1-2H3. The average Bonchev–Trinajstić information content (AvgIpc) is 2.62. The molecule has 4 nitrogen and oxygen atoms in total. The summed E-state index contributed by atoms with van der Waals surface area (Å²) < 4.78 is 10.4. The summed E-state index contributed by atoms with van der Waals surface area (Å²) >= 11 is 0. The molecule has 2 rings (SSSR count). The zero-order chi connectivity index (χ0) is 17.4. The van der Waals surface area contributed by atoms with Gasteiger partial charge in [-0.1, -0.05) is 44.7 Å². The van der Waals surface area contributed by atoms with Crippen LogP contribution in [0, 0.1) is 0 Å². The highest BCUT2D eigenvalue weighted by Gasteiger charge is 2.32. The topological polar surface area (TPSA) is 52.6 Å². The molecule has 132 valence electrons. The molecule has 0 bridgehead atoms. The van der Waals surface area contributed by atoms with Crippen LogP contribution in [0.2, 0.25) is 0 Å². The molecule has 1 unspecified atom stereocenters. The molecular weight excluding hydrogens is 304 g/mol. The second-order valence-electron chi connectivity index (χ2n) is 6.40. The number of methoxy groups -OCH3 is 1. The molecule has 0 spiro atoms. The van der Waals surface area contributed by atoms with E-state index >= 15 is 0 Å². The third kappa shape index (κ3) is 4.59. The first-order valence-corrected chi connectivity index (χ1v) is 9.05. The first-order chi connectivity index (χ1) is 11.7. The molecule has 1 aliphatic rings. The van der Waals surface area contributed by atoms with Crippen molar-refractivity contribution >= 4 is 11.9 Å². The first-order valence-electron chi connectivity index (χ1n) is 9.05. The van der Waals surface area contributed by atoms with Crippen molar-refractivity contribution < 1.29 is 19.1 Å². The number of aryl methyl sites for hydroxylation is 1. The number of ether oxygens (including phenoxy) is 2. The third-order valence-electron chi connectivity index (χ3n) is 4.67. The highest BCUT2D eigenvalue weighted by Crippen LogP contribution is 2.35. The maximum Gasteiger partial charge on any atom is 0.338 e. The molecule has 4 heteroatoms. The molecule has 0 saturated carbocycles. The van der Waals surface area contributed by atoms with E-state index in [4.69, 9.17) is 9.47 Å². The summed E-state index contributed by atoms with van der Waals surface area (Å²) in [5, 5.41) is 0. The van der Waals surface area contributed by atoms with Gasteiger partial charge in [0.1, 0.15) is 0 Å². The van der Waals surface area contributed by atoms with Gasteiger partial charge < -0.3 is 9.47 Å². The van der Waals surface area contributed by atoms with Gasteiger partial charge in [0, 0.05) is 0 Å². The minimum Gasteiger partial charge on any atom is -0.465 e. The van der Waals surface area contributed by atoms with Crippen molar-refractivity contribution in [3.63, 3.8) is 0 Å². The van der Waals surface area contributed by atoms with Crippen LogP contribution in [0.15, 0.2) is 18.2 Å². The molecule has 0 aromatic heterocycles. The van der Waals surface area contributed by atoms with Gasteiger partial charge in [0.2, 0.25) is 0 Å². The fraction of sp³-hybridized carbons (Fsp3) is 0.600. The fourth-order valence-corrected chi connectivity index (χ4v) is 3.39. The lowest BCUT2D eigenvalue weighted by Gasteiger charge is -2.26. The number of carbonyl (C=O) groups excluding carboxylic acids is 2. The van der Waals surface area contributed by atoms with Gasteiger partial charge in [-0.05, 0) is 42.9 Å². The normalized spacial score (nSPS) is 16.3. The van der Waals surface area contributed by atoms with E-state index in [2.05, 4.69) is 6.92 Å². The van der Waals surface area contributed by atoms with E-state index < -0.39 is 0 Å². The van der Waals surface area contributed by atoms with Crippen molar-refractivity contribution in [3.05, 3.63) is 34.9 Å². The Morgan fingerprint density at radius 3 is 2.71 bits per heavy atom. The summed E-state index contributed by atoms with van der Waals surface area (Å²) in [5.74, 6) is -0.936. The number of hydrogen-bond acceptors (Lipinski definition) is 4. The molecule has 1 aromatic rings. The van der Waals surface area contributed by atoms with E-state index in [0.29, 0.717) is 12.2 Å². The van der Waals surface area contributed by atoms with Crippen LogP contribution in [0.1, 0.15) is 79.3 Å². The number of rotatable bonds is 8. The van der Waals surface area contributed by atoms with Crippen LogP contribution in [0.5, 0.6) is 0 Å². The van der Waals surface area contributed by atoms with Crippen LogP contribution in [0.25, 0.3) is 0 Å². The molecule has 1 aromatic carbocycles. The number of unbranched alkanes of at least 4 members (excludes halogenated alkanes) is 4. The van der Waals surface area contributed by atoms with Gasteiger partial charge >= 0.3 is 11.9 Å². The zero-order valence-electron chi connectivity index (χ0n) is 14.8. The molecule has 0 amide bonds. The number of fused-ring (bicyclic) bond motifs is 1. The first kappa shape index (κ1) is 18.5. The molecule has 1 atom stereocenters. The Kier molecular flexibility index (Phi) is 7.29. The Morgan fingerprint density at radius 2 is 1.96 bits per heavy atom. The van der Waals surface area contributed by atoms with Crippen molar-refractivity contribution in [2.24, 2.45) is 0 Å². The number of hydrogen-bond donors (Lipinski definition) is 0. The van der Waals surface area contributed by atoms with Crippen LogP contribution in [-0.4, -0.2) is 25.7 Å². The zero-order valence-corrected chi connectivity index (χ0v) is 14.8. The van der Waals surface area contributed by atoms with Gasteiger partial charge in [-0.15, -0.1) is 0 Å². The quantitative estimate of drug-likeness (QED) is 0.523. The third-order valence-corrected chi connectivity index (χ3v) is 4.67. The van der Waals surface area contributed by atoms with E-state index in [-0.39, 0.29) is 17.9 Å². The average molecular weight is 332 g/mol. The van der Waals surface area contributed by atoms with Crippen LogP contribution in [0.3, 0.4) is 0 Å². The lowest BCUT2D eigenvalue weighted by Crippen LogP contribution is -2.24. The van der Waals surface area contributed by atoms with E-state index in [1.54, 1.807) is 6.07 Å². The molecule has 24 heavy (non-hydrogen) atoms. The highest BCUT2D eigenvalue weighted by atomic mass is 16.5. The summed E-state index contributed by atoms with van der Waals surface area (Å²) in [6.45, 7) is 2.65. The number of esters is 2. The highest BCUT2D eigenvalue weighted by molar-refractivity contribution is 5.94. The van der Waals surface area contributed by atoms with Crippen molar-refractivity contribution in [2.45, 2.75) is 64.2 Å². The maximum absolute atomic E-state index is 12.5. The summed E-state index contributed by atoms with van der Waals surface area (Å²) in [6.07, 6.45) is 8.18. The van der Waals surface area contributed by atoms with Gasteiger partial charge in [-0.3, -0.25) is 4.79 Å². The minimum atomic E-state index is -0.383. The van der Waals surface area contributed by atoms with E-state index in [1.165, 1.54) is 26.4 Å². The SMILES string of the molecule is CCCCCCCOC(=O)C1CCCc2cccc(C(=O)OC)c21. The van der Waals surface area contributed by atoms with Gasteiger partial charge in [0.15, 0.2) is 0 Å². The van der Waals surface area contributed by atoms with Gasteiger partial charge in [0.05, 0.1) is 25.2 Å². The molecule has 0 N–H and O–H groups in total. The molecule has 0 fully saturated rings. The minimum absolute atomic E-state index is 0.206. The lowest BCUT2D eigenvalue weighted by molar-refractivity contribution is -0.146. The molecule has 1 aliphatic carbocycles. The Hall–Kier alpha value is -1.84. The smallest absolute Gasteiger partial charge is 0.338 e. The molecule has 0 aliphatic heterocycles. The van der Waals surface area contributed by atoms with E-state index in [1.807, 2.05) is 12.1 Å². The van der Waals surface area contributed by atoms with Crippen molar-refractivity contribution in [1.29, 1.82) is 0 Å². The summed E-state index contributed by atoms with van der Waals surface area (Å²) in [7, 11) is 1.37. The number of benzene rings is 1. The molecule has 0 radical (unpaired) electrons.